The third-order valence-electron chi connectivity index (χ3n) is 6.69. The monoisotopic (exact) mass is 595 g/mol. The lowest BCUT2D eigenvalue weighted by Crippen LogP contribution is -2.39. The highest BCUT2D eigenvalue weighted by Gasteiger charge is 2.38. The molecule has 1 atom stereocenters. The molecule has 0 radical (unpaired) electrons. The maximum Gasteiger partial charge on any atom is 0.490 e. The highest BCUT2D eigenvalue weighted by Crippen LogP contribution is 2.21. The van der Waals surface area contributed by atoms with Gasteiger partial charge in [-0.25, -0.2) is 9.48 Å². The predicted octanol–water partition coefficient (Wildman–Crippen LogP) is 4.30. The van der Waals surface area contributed by atoms with Crippen molar-refractivity contribution in [3.63, 3.8) is 0 Å². The highest BCUT2D eigenvalue weighted by atomic mass is 35.5. The van der Waals surface area contributed by atoms with Gasteiger partial charge in [-0.15, -0.1) is 0 Å². The van der Waals surface area contributed by atoms with Gasteiger partial charge in [0.1, 0.15) is 0 Å². The van der Waals surface area contributed by atoms with Crippen molar-refractivity contribution < 1.29 is 27.9 Å². The fraction of sp³-hybridized carbons (Fsp3) is 0.464. The van der Waals surface area contributed by atoms with Crippen LogP contribution in [0.15, 0.2) is 47.5 Å². The molecule has 3 aromatic rings. The van der Waals surface area contributed by atoms with Gasteiger partial charge in [0.15, 0.2) is 0 Å². The van der Waals surface area contributed by atoms with Crippen molar-refractivity contribution in [1.29, 1.82) is 0 Å². The van der Waals surface area contributed by atoms with E-state index >= 15 is 0 Å². The zero-order valence-corrected chi connectivity index (χ0v) is 23.6. The molecule has 1 aromatic carbocycles. The molecule has 0 spiro atoms. The van der Waals surface area contributed by atoms with E-state index in [1.165, 1.54) is 0 Å². The van der Waals surface area contributed by atoms with E-state index in [9.17, 15) is 22.8 Å². The third kappa shape index (κ3) is 9.25. The number of carbonyl (C=O) groups excluding carboxylic acids is 1. The summed E-state index contributed by atoms with van der Waals surface area (Å²) in [4.78, 5) is 40.6. The summed E-state index contributed by atoms with van der Waals surface area (Å²) < 4.78 is 33.4. The number of pyridine rings is 1. The summed E-state index contributed by atoms with van der Waals surface area (Å²) >= 11 is 6.04. The number of nitrogens with zero attached hydrogens (tertiary/aromatic N) is 4. The minimum Gasteiger partial charge on any atom is -0.475 e. The number of carboxylic acids is 1. The van der Waals surface area contributed by atoms with Gasteiger partial charge in [0.25, 0.3) is 5.56 Å². The molecule has 41 heavy (non-hydrogen) atoms. The molecule has 0 aliphatic carbocycles. The molecule has 13 heteroatoms. The van der Waals surface area contributed by atoms with Gasteiger partial charge in [-0.2, -0.15) is 18.3 Å². The predicted molar refractivity (Wildman–Crippen MR) is 149 cm³/mol. The highest BCUT2D eigenvalue weighted by molar-refractivity contribution is 6.30. The van der Waals surface area contributed by atoms with Crippen LogP contribution in [0.3, 0.4) is 0 Å². The van der Waals surface area contributed by atoms with E-state index in [1.54, 1.807) is 23.1 Å². The van der Waals surface area contributed by atoms with Gasteiger partial charge in [0.2, 0.25) is 5.91 Å². The second-order valence-electron chi connectivity index (χ2n) is 10.1. The van der Waals surface area contributed by atoms with Crippen LogP contribution in [-0.2, 0) is 22.6 Å². The van der Waals surface area contributed by atoms with Crippen molar-refractivity contribution in [3.05, 3.63) is 69.4 Å². The minimum atomic E-state index is -5.08. The van der Waals surface area contributed by atoms with E-state index in [4.69, 9.17) is 26.6 Å². The molecule has 1 fully saturated rings. The summed E-state index contributed by atoms with van der Waals surface area (Å²) in [6.07, 6.45) is 1.94. The number of rotatable bonds is 9. The molecule has 0 bridgehead atoms. The fourth-order valence-electron chi connectivity index (χ4n) is 4.54. The number of aromatic nitrogens is 3. The Labute approximate surface area is 240 Å². The first kappa shape index (κ1) is 32.0. The Hall–Kier alpha value is -3.51. The molecule has 222 valence electrons. The number of nitrogens with one attached hydrogen (secondary N) is 1. The first-order chi connectivity index (χ1) is 19.4. The second kappa shape index (κ2) is 14.4. The number of alkyl halides is 3. The van der Waals surface area contributed by atoms with Crippen LogP contribution in [0.5, 0.6) is 0 Å². The quantitative estimate of drug-likeness (QED) is 0.354. The van der Waals surface area contributed by atoms with Gasteiger partial charge in [0, 0.05) is 54.3 Å². The Morgan fingerprint density at radius 2 is 1.85 bits per heavy atom. The van der Waals surface area contributed by atoms with E-state index in [1.807, 2.05) is 38.1 Å². The van der Waals surface area contributed by atoms with E-state index in [0.29, 0.717) is 29.9 Å². The van der Waals surface area contributed by atoms with Gasteiger partial charge in [0.05, 0.1) is 17.6 Å². The van der Waals surface area contributed by atoms with Crippen molar-refractivity contribution in [2.75, 3.05) is 19.6 Å². The Kier molecular flexibility index (Phi) is 11.2. The molecular formula is C28H33ClF3N5O4. The van der Waals surface area contributed by atoms with Crippen LogP contribution in [0.2, 0.25) is 5.02 Å². The van der Waals surface area contributed by atoms with Crippen molar-refractivity contribution in [1.82, 2.24) is 25.0 Å². The second-order valence-corrected chi connectivity index (χ2v) is 10.5. The largest absolute Gasteiger partial charge is 0.490 e. The molecule has 0 unspecified atom stereocenters. The lowest BCUT2D eigenvalue weighted by atomic mass is 10.1. The minimum absolute atomic E-state index is 0.00246. The Morgan fingerprint density at radius 1 is 1.17 bits per heavy atom. The molecule has 3 heterocycles. The van der Waals surface area contributed by atoms with E-state index in [2.05, 4.69) is 15.2 Å². The third-order valence-corrected chi connectivity index (χ3v) is 6.95. The Balaban J connectivity index is 0.000000587. The maximum atomic E-state index is 13.3. The average molecular weight is 596 g/mol. The van der Waals surface area contributed by atoms with E-state index in [-0.39, 0.29) is 23.4 Å². The standard InChI is InChI=1S/C26H32ClN5O2.C2HF3O2/c1-18(2)25(33)29-11-4-14-31-13-3-5-21(31)17-32-26(34)22-10-12-28-16-23(22)24(30-32)15-19-6-8-20(27)9-7-19;3-2(4,5)1(6)7/h6-10,12,16,18,21H,3-5,11,13-15,17H2,1-2H3,(H,29,33);(H,6,7)/t21-;/m1./s1. The van der Waals surface area contributed by atoms with Gasteiger partial charge in [-0.1, -0.05) is 37.6 Å². The molecule has 2 N–H and O–H groups in total. The van der Waals surface area contributed by atoms with Gasteiger partial charge >= 0.3 is 12.1 Å². The van der Waals surface area contributed by atoms with E-state index < -0.39 is 12.1 Å². The lowest BCUT2D eigenvalue weighted by Gasteiger charge is -2.25. The number of amides is 1. The molecule has 1 saturated heterocycles. The number of carboxylic acid groups (broad SMARTS) is 1. The molecule has 1 aliphatic rings. The summed E-state index contributed by atoms with van der Waals surface area (Å²) in [5.74, 6) is -2.66. The van der Waals surface area contributed by atoms with Crippen LogP contribution in [0.4, 0.5) is 13.2 Å². The van der Waals surface area contributed by atoms with Crippen molar-refractivity contribution in [3.8, 4) is 0 Å². The first-order valence-corrected chi connectivity index (χ1v) is 13.6. The molecular weight excluding hydrogens is 563 g/mol. The molecule has 1 amide bonds. The number of benzene rings is 1. The number of carbonyl (C=O) groups is 2. The average Bonchev–Trinajstić information content (AvgIpc) is 3.36. The number of halogens is 4. The Bertz CT molecular complexity index is 1400. The number of fused-ring (bicyclic) bond motifs is 1. The van der Waals surface area contributed by atoms with Crippen LogP contribution in [0, 0.1) is 5.92 Å². The molecule has 1 aliphatic heterocycles. The van der Waals surface area contributed by atoms with Crippen molar-refractivity contribution in [2.45, 2.75) is 58.3 Å². The number of aliphatic carboxylic acids is 1. The Morgan fingerprint density at radius 3 is 2.49 bits per heavy atom. The SMILES string of the molecule is CC(C)C(=O)NCCCN1CCC[C@@H]1Cn1nc(Cc2ccc(Cl)cc2)c2cnccc2c1=O.O=C(O)C(F)(F)F. The zero-order chi connectivity index (χ0) is 30.2. The summed E-state index contributed by atoms with van der Waals surface area (Å²) in [5, 5.41) is 17.0. The van der Waals surface area contributed by atoms with Crippen molar-refractivity contribution in [2.24, 2.45) is 5.92 Å². The summed E-state index contributed by atoms with van der Waals surface area (Å²) in [6.45, 7) is 6.93. The molecule has 4 rings (SSSR count). The van der Waals surface area contributed by atoms with Crippen LogP contribution in [-0.4, -0.2) is 68.5 Å². The van der Waals surface area contributed by atoms with E-state index in [0.717, 1.165) is 49.0 Å². The van der Waals surface area contributed by atoms with Gasteiger partial charge < -0.3 is 10.4 Å². The summed E-state index contributed by atoms with van der Waals surface area (Å²) in [7, 11) is 0. The fourth-order valence-corrected chi connectivity index (χ4v) is 4.66. The smallest absolute Gasteiger partial charge is 0.475 e. The maximum absolute atomic E-state index is 13.3. The molecule has 0 saturated carbocycles. The van der Waals surface area contributed by atoms with Crippen molar-refractivity contribution >= 4 is 34.2 Å². The topological polar surface area (TPSA) is 117 Å². The first-order valence-electron chi connectivity index (χ1n) is 13.3. The number of hydrogen-bond donors (Lipinski definition) is 2. The molecule has 2 aromatic heterocycles. The molecule has 9 nitrogen and oxygen atoms in total. The van der Waals surface area contributed by atoms with Gasteiger partial charge in [-0.3, -0.25) is 19.5 Å². The number of hydrogen-bond acceptors (Lipinski definition) is 6. The lowest BCUT2D eigenvalue weighted by molar-refractivity contribution is -0.192. The number of likely N-dealkylation sites (tertiary alicyclic amines) is 1. The summed E-state index contributed by atoms with van der Waals surface area (Å²) in [5.41, 5.74) is 1.84. The normalized spacial score (nSPS) is 15.5. The van der Waals surface area contributed by atoms with Crippen LogP contribution >= 0.6 is 11.6 Å². The van der Waals surface area contributed by atoms with Crippen LogP contribution in [0.1, 0.15) is 44.4 Å². The zero-order valence-electron chi connectivity index (χ0n) is 22.8. The van der Waals surface area contributed by atoms with Crippen LogP contribution in [0.25, 0.3) is 10.8 Å². The summed E-state index contributed by atoms with van der Waals surface area (Å²) in [6, 6.07) is 9.75. The van der Waals surface area contributed by atoms with Gasteiger partial charge in [-0.05, 0) is 49.6 Å². The van der Waals surface area contributed by atoms with Crippen LogP contribution < -0.4 is 10.9 Å².